The Kier molecular flexibility index (Phi) is 9.09. The van der Waals surface area contributed by atoms with E-state index in [0.29, 0.717) is 5.82 Å². The Morgan fingerprint density at radius 3 is 1.34 bits per heavy atom. The van der Waals surface area contributed by atoms with Crippen LogP contribution in [0.2, 0.25) is 0 Å². The molecule has 0 saturated carbocycles. The summed E-state index contributed by atoms with van der Waals surface area (Å²) in [6.45, 7) is 0. The topological polar surface area (TPSA) is 25.8 Å². The Balaban J connectivity index is 1.09. The van der Waals surface area contributed by atoms with Crippen LogP contribution in [0.1, 0.15) is 22.3 Å². The molecule has 0 radical (unpaired) electrons. The Bertz CT molecular complexity index is 3100. The summed E-state index contributed by atoms with van der Waals surface area (Å²) in [4.78, 5) is 10.4. The molecule has 0 saturated heterocycles. The van der Waals surface area contributed by atoms with Crippen molar-refractivity contribution in [2.24, 2.45) is 0 Å². The molecule has 0 amide bonds. The fraction of sp³-hybridized carbons (Fsp3) is 0.0169. The summed E-state index contributed by atoms with van der Waals surface area (Å²) in [5, 5.41) is 0. The molecule has 0 atom stereocenters. The second-order valence-corrected chi connectivity index (χ2v) is 15.7. The molecule has 1 aliphatic carbocycles. The molecule has 0 fully saturated rings. The third-order valence-electron chi connectivity index (χ3n) is 12.2. The van der Waals surface area contributed by atoms with E-state index in [1.807, 2.05) is 6.07 Å². The average molecular weight is 777 g/mol. The molecular formula is C59H40N2. The summed E-state index contributed by atoms with van der Waals surface area (Å²) in [7, 11) is 0. The van der Waals surface area contributed by atoms with Gasteiger partial charge < -0.3 is 0 Å². The monoisotopic (exact) mass is 776 g/mol. The van der Waals surface area contributed by atoms with E-state index in [2.05, 4.69) is 237 Å². The van der Waals surface area contributed by atoms with E-state index in [9.17, 15) is 0 Å². The molecule has 0 aliphatic heterocycles. The number of rotatable bonds is 8. The van der Waals surface area contributed by atoms with E-state index < -0.39 is 5.41 Å². The van der Waals surface area contributed by atoms with Crippen LogP contribution in [0.3, 0.4) is 0 Å². The van der Waals surface area contributed by atoms with Gasteiger partial charge in [0.25, 0.3) is 0 Å². The van der Waals surface area contributed by atoms with Crippen LogP contribution in [0, 0.1) is 0 Å². The summed E-state index contributed by atoms with van der Waals surface area (Å²) in [6, 6.07) is 87.2. The van der Waals surface area contributed by atoms with Crippen molar-refractivity contribution in [1.29, 1.82) is 0 Å². The van der Waals surface area contributed by atoms with Gasteiger partial charge in [0.1, 0.15) is 0 Å². The van der Waals surface area contributed by atoms with Gasteiger partial charge in [0.05, 0.1) is 16.8 Å². The minimum absolute atomic E-state index is 0.502. The number of hydrogen-bond donors (Lipinski definition) is 0. The second kappa shape index (κ2) is 15.3. The Morgan fingerprint density at radius 1 is 0.246 bits per heavy atom. The lowest BCUT2D eigenvalue weighted by Crippen LogP contribution is -2.28. The molecule has 1 aliphatic rings. The fourth-order valence-electron chi connectivity index (χ4n) is 9.35. The zero-order chi connectivity index (χ0) is 40.6. The van der Waals surface area contributed by atoms with Crippen LogP contribution >= 0.6 is 0 Å². The van der Waals surface area contributed by atoms with Crippen molar-refractivity contribution in [3.8, 4) is 78.4 Å². The summed E-state index contributed by atoms with van der Waals surface area (Å²) >= 11 is 0. The maximum Gasteiger partial charge on any atom is 0.160 e. The standard InChI is InChI=1S/C59H40N2/c1-6-19-41(20-7-1)46-25-18-26-47(37-46)57-40-56(44-23-10-3-11-24-44)60-58(61-57)45-35-33-43(34-36-45)52-39-55-53(38-51(52)42-21-8-2-9-22-42)50-31-16-17-32-54(50)59(55,48-27-12-4-13-28-48)49-29-14-5-15-30-49/h1-40H. The van der Waals surface area contributed by atoms with Gasteiger partial charge in [-0.1, -0.05) is 218 Å². The van der Waals surface area contributed by atoms with E-state index in [0.717, 1.165) is 39.2 Å². The first kappa shape index (κ1) is 36.2. The van der Waals surface area contributed by atoms with Crippen LogP contribution in [-0.2, 0) is 5.41 Å². The molecule has 10 aromatic rings. The van der Waals surface area contributed by atoms with Gasteiger partial charge in [0, 0.05) is 16.7 Å². The Morgan fingerprint density at radius 2 is 0.705 bits per heavy atom. The van der Waals surface area contributed by atoms with Crippen molar-refractivity contribution >= 4 is 0 Å². The van der Waals surface area contributed by atoms with E-state index >= 15 is 0 Å². The molecular weight excluding hydrogens is 737 g/mol. The fourth-order valence-corrected chi connectivity index (χ4v) is 9.35. The smallest absolute Gasteiger partial charge is 0.160 e. The van der Waals surface area contributed by atoms with Crippen LogP contribution in [0.15, 0.2) is 243 Å². The molecule has 9 aromatic carbocycles. The van der Waals surface area contributed by atoms with E-state index in [1.165, 1.54) is 55.6 Å². The highest BCUT2D eigenvalue weighted by Gasteiger charge is 2.46. The predicted molar refractivity (Wildman–Crippen MR) is 252 cm³/mol. The van der Waals surface area contributed by atoms with Gasteiger partial charge in [-0.15, -0.1) is 0 Å². The Hall–Kier alpha value is -7.94. The molecule has 0 N–H and O–H groups in total. The van der Waals surface area contributed by atoms with Crippen molar-refractivity contribution in [2.75, 3.05) is 0 Å². The van der Waals surface area contributed by atoms with Gasteiger partial charge in [-0.3, -0.25) is 0 Å². The van der Waals surface area contributed by atoms with E-state index in [4.69, 9.17) is 9.97 Å². The van der Waals surface area contributed by atoms with Crippen molar-refractivity contribution in [3.63, 3.8) is 0 Å². The SMILES string of the molecule is c1ccc(-c2cccc(-c3cc(-c4ccccc4)nc(-c4ccc(-c5cc6c(cc5-c5ccccc5)-c5ccccc5C6(c5ccccc5)c5ccccc5)cc4)n3)c2)cc1. The number of hydrogen-bond acceptors (Lipinski definition) is 2. The lowest BCUT2D eigenvalue weighted by Gasteiger charge is -2.34. The largest absolute Gasteiger partial charge is 0.228 e. The quantitative estimate of drug-likeness (QED) is 0.154. The molecule has 11 rings (SSSR count). The maximum atomic E-state index is 5.25. The minimum atomic E-state index is -0.502. The lowest BCUT2D eigenvalue weighted by atomic mass is 9.67. The molecule has 0 unspecified atom stereocenters. The molecule has 1 aromatic heterocycles. The zero-order valence-corrected chi connectivity index (χ0v) is 33.5. The zero-order valence-electron chi connectivity index (χ0n) is 33.5. The lowest BCUT2D eigenvalue weighted by molar-refractivity contribution is 0.769. The highest BCUT2D eigenvalue weighted by molar-refractivity contribution is 5.95. The molecule has 2 heteroatoms. The Labute approximate surface area is 357 Å². The van der Waals surface area contributed by atoms with Crippen LogP contribution in [0.4, 0.5) is 0 Å². The van der Waals surface area contributed by atoms with Crippen LogP contribution in [-0.4, -0.2) is 9.97 Å². The van der Waals surface area contributed by atoms with Crippen molar-refractivity contribution in [1.82, 2.24) is 9.97 Å². The molecule has 0 spiro atoms. The van der Waals surface area contributed by atoms with Gasteiger partial charge in [-0.25, -0.2) is 9.97 Å². The molecule has 0 bridgehead atoms. The summed E-state index contributed by atoms with van der Waals surface area (Å²) < 4.78 is 0. The maximum absolute atomic E-state index is 5.25. The molecule has 286 valence electrons. The highest BCUT2D eigenvalue weighted by Crippen LogP contribution is 2.58. The first-order valence-corrected chi connectivity index (χ1v) is 20.9. The molecule has 2 nitrogen and oxygen atoms in total. The molecule has 61 heavy (non-hydrogen) atoms. The number of fused-ring (bicyclic) bond motifs is 3. The van der Waals surface area contributed by atoms with E-state index in [1.54, 1.807) is 0 Å². The van der Waals surface area contributed by atoms with Gasteiger partial charge in [-0.2, -0.15) is 0 Å². The normalized spacial score (nSPS) is 12.4. The summed E-state index contributed by atoms with van der Waals surface area (Å²) in [5.41, 5.74) is 19.0. The van der Waals surface area contributed by atoms with Gasteiger partial charge >= 0.3 is 0 Å². The second-order valence-electron chi connectivity index (χ2n) is 15.7. The predicted octanol–water partition coefficient (Wildman–Crippen LogP) is 14.8. The summed E-state index contributed by atoms with van der Waals surface area (Å²) in [6.07, 6.45) is 0. The first-order chi connectivity index (χ1) is 30.2. The van der Waals surface area contributed by atoms with Crippen molar-refractivity contribution in [3.05, 3.63) is 265 Å². The third-order valence-corrected chi connectivity index (χ3v) is 12.2. The first-order valence-electron chi connectivity index (χ1n) is 20.9. The third kappa shape index (κ3) is 6.37. The van der Waals surface area contributed by atoms with Gasteiger partial charge in [0.2, 0.25) is 0 Å². The number of benzene rings is 9. The number of aromatic nitrogens is 2. The van der Waals surface area contributed by atoms with Crippen LogP contribution < -0.4 is 0 Å². The van der Waals surface area contributed by atoms with Crippen LogP contribution in [0.5, 0.6) is 0 Å². The number of nitrogens with zero attached hydrogens (tertiary/aromatic N) is 2. The summed E-state index contributed by atoms with van der Waals surface area (Å²) in [5.74, 6) is 0.688. The average Bonchev–Trinajstić information content (AvgIpc) is 3.65. The minimum Gasteiger partial charge on any atom is -0.228 e. The van der Waals surface area contributed by atoms with E-state index in [-0.39, 0.29) is 0 Å². The van der Waals surface area contributed by atoms with Crippen molar-refractivity contribution in [2.45, 2.75) is 5.41 Å². The molecule has 1 heterocycles. The van der Waals surface area contributed by atoms with Crippen LogP contribution in [0.25, 0.3) is 78.4 Å². The highest BCUT2D eigenvalue weighted by atomic mass is 14.9. The van der Waals surface area contributed by atoms with Gasteiger partial charge in [0.15, 0.2) is 5.82 Å². The van der Waals surface area contributed by atoms with Crippen molar-refractivity contribution < 1.29 is 0 Å². The van der Waals surface area contributed by atoms with Gasteiger partial charge in [-0.05, 0) is 91.0 Å².